The van der Waals surface area contributed by atoms with Crippen molar-refractivity contribution in [1.82, 2.24) is 9.97 Å². The SMILES string of the molecule is CCOc1cncc(C(=O)Cc2ccccn2)c1. The Hall–Kier alpha value is -2.23. The van der Waals surface area contributed by atoms with E-state index in [0.717, 1.165) is 5.69 Å². The van der Waals surface area contributed by atoms with Gasteiger partial charge in [-0.15, -0.1) is 0 Å². The van der Waals surface area contributed by atoms with Gasteiger partial charge in [0.2, 0.25) is 0 Å². The van der Waals surface area contributed by atoms with Gasteiger partial charge in [-0.25, -0.2) is 0 Å². The molecule has 0 aliphatic rings. The number of ether oxygens (including phenoxy) is 1. The summed E-state index contributed by atoms with van der Waals surface area (Å²) in [5.74, 6) is 0.604. The predicted octanol–water partition coefficient (Wildman–Crippen LogP) is 2.30. The van der Waals surface area contributed by atoms with Gasteiger partial charge in [0.25, 0.3) is 0 Å². The third-order valence-electron chi connectivity index (χ3n) is 2.41. The van der Waals surface area contributed by atoms with Gasteiger partial charge in [0.05, 0.1) is 19.2 Å². The lowest BCUT2D eigenvalue weighted by molar-refractivity contribution is 0.0991. The first-order chi connectivity index (χ1) is 8.79. The summed E-state index contributed by atoms with van der Waals surface area (Å²) in [4.78, 5) is 20.2. The van der Waals surface area contributed by atoms with Crippen LogP contribution in [0.2, 0.25) is 0 Å². The zero-order valence-corrected chi connectivity index (χ0v) is 10.2. The smallest absolute Gasteiger partial charge is 0.170 e. The number of Topliss-reactive ketones (excluding diaryl/α,β-unsaturated/α-hetero) is 1. The molecule has 4 nitrogen and oxygen atoms in total. The Morgan fingerprint density at radius 3 is 2.94 bits per heavy atom. The Labute approximate surface area is 106 Å². The number of carbonyl (C=O) groups is 1. The van der Waals surface area contributed by atoms with Crippen LogP contribution in [-0.4, -0.2) is 22.4 Å². The number of carbonyl (C=O) groups excluding carboxylic acids is 1. The van der Waals surface area contributed by atoms with Gasteiger partial charge in [-0.1, -0.05) is 6.07 Å². The molecule has 0 N–H and O–H groups in total. The van der Waals surface area contributed by atoms with Crippen molar-refractivity contribution in [1.29, 1.82) is 0 Å². The molecule has 0 aliphatic carbocycles. The molecule has 4 heteroatoms. The second-order valence-corrected chi connectivity index (χ2v) is 3.76. The fourth-order valence-electron chi connectivity index (χ4n) is 1.59. The Bertz CT molecular complexity index is 526. The van der Waals surface area contributed by atoms with E-state index >= 15 is 0 Å². The highest BCUT2D eigenvalue weighted by atomic mass is 16.5. The van der Waals surface area contributed by atoms with Crippen molar-refractivity contribution in [3.8, 4) is 5.75 Å². The number of hydrogen-bond donors (Lipinski definition) is 0. The highest BCUT2D eigenvalue weighted by molar-refractivity contribution is 5.97. The minimum atomic E-state index is -0.0113. The molecule has 0 aromatic carbocycles. The van der Waals surface area contributed by atoms with Gasteiger partial charge < -0.3 is 4.74 Å². The van der Waals surface area contributed by atoms with Gasteiger partial charge >= 0.3 is 0 Å². The molecule has 0 amide bonds. The summed E-state index contributed by atoms with van der Waals surface area (Å²) in [5.41, 5.74) is 1.30. The summed E-state index contributed by atoms with van der Waals surface area (Å²) < 4.78 is 5.32. The van der Waals surface area contributed by atoms with Crippen LogP contribution in [-0.2, 0) is 6.42 Å². The quantitative estimate of drug-likeness (QED) is 0.755. The number of hydrogen-bond acceptors (Lipinski definition) is 4. The van der Waals surface area contributed by atoms with E-state index in [1.807, 2.05) is 25.1 Å². The number of rotatable bonds is 5. The Kier molecular flexibility index (Phi) is 4.02. The number of pyridine rings is 2. The summed E-state index contributed by atoms with van der Waals surface area (Å²) in [6.45, 7) is 2.45. The van der Waals surface area contributed by atoms with E-state index < -0.39 is 0 Å². The maximum Gasteiger partial charge on any atom is 0.170 e. The largest absolute Gasteiger partial charge is 0.492 e. The van der Waals surface area contributed by atoms with Crippen LogP contribution in [0.1, 0.15) is 23.0 Å². The summed E-state index contributed by atoms with van der Waals surface area (Å²) >= 11 is 0. The molecule has 2 heterocycles. The molecule has 0 aliphatic heterocycles. The van der Waals surface area contributed by atoms with E-state index in [9.17, 15) is 4.79 Å². The molecule has 0 bridgehead atoms. The lowest BCUT2D eigenvalue weighted by atomic mass is 10.1. The van der Waals surface area contributed by atoms with Gasteiger partial charge in [0, 0.05) is 23.7 Å². The zero-order valence-electron chi connectivity index (χ0n) is 10.2. The van der Waals surface area contributed by atoms with Crippen molar-refractivity contribution >= 4 is 5.78 Å². The van der Waals surface area contributed by atoms with Crippen molar-refractivity contribution in [3.05, 3.63) is 54.1 Å². The first-order valence-electron chi connectivity index (χ1n) is 5.80. The van der Waals surface area contributed by atoms with E-state index in [1.165, 1.54) is 0 Å². The monoisotopic (exact) mass is 242 g/mol. The molecule has 0 saturated carbocycles. The molecule has 0 saturated heterocycles. The molecule has 18 heavy (non-hydrogen) atoms. The molecular weight excluding hydrogens is 228 g/mol. The van der Waals surface area contributed by atoms with E-state index in [4.69, 9.17) is 4.74 Å². The van der Waals surface area contributed by atoms with Crippen LogP contribution in [0.15, 0.2) is 42.9 Å². The van der Waals surface area contributed by atoms with Crippen LogP contribution in [0, 0.1) is 0 Å². The summed E-state index contributed by atoms with van der Waals surface area (Å²) in [7, 11) is 0. The first kappa shape index (κ1) is 12.2. The fourth-order valence-corrected chi connectivity index (χ4v) is 1.59. The zero-order chi connectivity index (χ0) is 12.8. The third-order valence-corrected chi connectivity index (χ3v) is 2.41. The normalized spacial score (nSPS) is 10.1. The first-order valence-corrected chi connectivity index (χ1v) is 5.80. The third kappa shape index (κ3) is 3.13. The Balaban J connectivity index is 2.11. The van der Waals surface area contributed by atoms with Crippen molar-refractivity contribution in [2.45, 2.75) is 13.3 Å². The topological polar surface area (TPSA) is 52.1 Å². The molecule has 0 radical (unpaired) electrons. The van der Waals surface area contributed by atoms with E-state index in [0.29, 0.717) is 17.9 Å². The minimum absolute atomic E-state index is 0.0113. The molecule has 0 fully saturated rings. The molecule has 0 spiro atoms. The maximum atomic E-state index is 12.0. The van der Waals surface area contributed by atoms with E-state index in [1.54, 1.807) is 24.7 Å². The summed E-state index contributed by atoms with van der Waals surface area (Å²) in [5, 5.41) is 0. The van der Waals surface area contributed by atoms with Crippen molar-refractivity contribution in [2.24, 2.45) is 0 Å². The minimum Gasteiger partial charge on any atom is -0.492 e. The average Bonchev–Trinajstić information content (AvgIpc) is 2.40. The Morgan fingerprint density at radius 2 is 2.22 bits per heavy atom. The second-order valence-electron chi connectivity index (χ2n) is 3.76. The van der Waals surface area contributed by atoms with Crippen LogP contribution < -0.4 is 4.74 Å². The molecule has 0 unspecified atom stereocenters. The number of nitrogens with zero attached hydrogens (tertiary/aromatic N) is 2. The second kappa shape index (κ2) is 5.91. The summed E-state index contributed by atoms with van der Waals surface area (Å²) in [6, 6.07) is 7.23. The van der Waals surface area contributed by atoms with Crippen LogP contribution in [0.5, 0.6) is 5.75 Å². The standard InChI is InChI=1S/C14H14N2O2/c1-2-18-13-7-11(9-15-10-13)14(17)8-12-5-3-4-6-16-12/h3-7,9-10H,2,8H2,1H3. The molecule has 2 rings (SSSR count). The Morgan fingerprint density at radius 1 is 1.33 bits per heavy atom. The van der Waals surface area contributed by atoms with Gasteiger partial charge in [-0.2, -0.15) is 0 Å². The van der Waals surface area contributed by atoms with E-state index in [-0.39, 0.29) is 12.2 Å². The molecule has 2 aromatic heterocycles. The maximum absolute atomic E-state index is 12.0. The van der Waals surface area contributed by atoms with Crippen molar-refractivity contribution in [3.63, 3.8) is 0 Å². The number of aromatic nitrogens is 2. The van der Waals surface area contributed by atoms with Crippen LogP contribution in [0.25, 0.3) is 0 Å². The highest BCUT2D eigenvalue weighted by Crippen LogP contribution is 2.13. The molecule has 0 atom stereocenters. The van der Waals surface area contributed by atoms with Crippen LogP contribution in [0.3, 0.4) is 0 Å². The fraction of sp³-hybridized carbons (Fsp3) is 0.214. The van der Waals surface area contributed by atoms with Crippen molar-refractivity contribution in [2.75, 3.05) is 6.61 Å². The molecular formula is C14H14N2O2. The van der Waals surface area contributed by atoms with Gasteiger partial charge in [0.15, 0.2) is 5.78 Å². The number of ketones is 1. The lowest BCUT2D eigenvalue weighted by Gasteiger charge is -2.04. The summed E-state index contributed by atoms with van der Waals surface area (Å²) in [6.07, 6.45) is 5.10. The predicted molar refractivity (Wildman–Crippen MR) is 67.7 cm³/mol. The van der Waals surface area contributed by atoms with Crippen molar-refractivity contribution < 1.29 is 9.53 Å². The molecule has 2 aromatic rings. The average molecular weight is 242 g/mol. The van der Waals surface area contributed by atoms with Crippen LogP contribution in [0.4, 0.5) is 0 Å². The van der Waals surface area contributed by atoms with Gasteiger partial charge in [-0.05, 0) is 25.1 Å². The van der Waals surface area contributed by atoms with Crippen LogP contribution >= 0.6 is 0 Å². The molecule has 92 valence electrons. The van der Waals surface area contributed by atoms with E-state index in [2.05, 4.69) is 9.97 Å². The lowest BCUT2D eigenvalue weighted by Crippen LogP contribution is -2.06. The van der Waals surface area contributed by atoms with Gasteiger partial charge in [0.1, 0.15) is 5.75 Å². The van der Waals surface area contributed by atoms with Gasteiger partial charge in [-0.3, -0.25) is 14.8 Å². The highest BCUT2D eigenvalue weighted by Gasteiger charge is 2.09.